The number of aliphatic hydroxyl groups is 1. The van der Waals surface area contributed by atoms with Gasteiger partial charge in [0.05, 0.1) is 12.1 Å². The maximum atomic E-state index is 12.0. The van der Waals surface area contributed by atoms with E-state index >= 15 is 0 Å². The van der Waals surface area contributed by atoms with Gasteiger partial charge in [-0.25, -0.2) is 4.79 Å². The second-order valence-corrected chi connectivity index (χ2v) is 6.01. The Hall–Kier alpha value is -2.86. The Balaban J connectivity index is 1.43. The first kappa shape index (κ1) is 17.0. The van der Waals surface area contributed by atoms with Gasteiger partial charge in [0, 0.05) is 25.1 Å². The highest BCUT2D eigenvalue weighted by Crippen LogP contribution is 2.30. The van der Waals surface area contributed by atoms with E-state index in [0.29, 0.717) is 6.42 Å². The molecule has 130 valence electrons. The van der Waals surface area contributed by atoms with E-state index in [0.717, 1.165) is 16.8 Å². The zero-order chi connectivity index (χ0) is 17.6. The molecule has 0 fully saturated rings. The van der Waals surface area contributed by atoms with Gasteiger partial charge >= 0.3 is 6.03 Å². The third-order valence-corrected chi connectivity index (χ3v) is 4.19. The first-order valence-corrected chi connectivity index (χ1v) is 8.28. The Bertz CT molecular complexity index is 749. The highest BCUT2D eigenvalue weighted by Gasteiger charge is 2.31. The molecule has 0 unspecified atom stereocenters. The van der Waals surface area contributed by atoms with Gasteiger partial charge in [-0.3, -0.25) is 4.79 Å². The van der Waals surface area contributed by atoms with Crippen molar-refractivity contribution in [2.45, 2.75) is 25.0 Å². The number of carbonyl (C=O) groups excluding carboxylic acids is 2. The molecule has 1 aliphatic rings. The number of benzene rings is 2. The lowest BCUT2D eigenvalue weighted by atomic mass is 10.1. The lowest BCUT2D eigenvalue weighted by Crippen LogP contribution is -2.41. The van der Waals surface area contributed by atoms with Gasteiger partial charge in [-0.15, -0.1) is 0 Å². The standard InChI is InChI=1S/C19H21N3O3/c23-16-12-13-6-4-5-9-15(13)18(16)22-19(25)20-11-10-17(24)21-14-7-2-1-3-8-14/h1-9,16,18,23H,10-12H2,(H,21,24)(H2,20,22,25)/t16-,18+/m0/s1. The van der Waals surface area contributed by atoms with E-state index in [1.165, 1.54) is 0 Å². The topological polar surface area (TPSA) is 90.5 Å². The Morgan fingerprint density at radius 2 is 1.76 bits per heavy atom. The van der Waals surface area contributed by atoms with Gasteiger partial charge in [0.15, 0.2) is 0 Å². The van der Waals surface area contributed by atoms with E-state index in [4.69, 9.17) is 0 Å². The minimum Gasteiger partial charge on any atom is -0.390 e. The van der Waals surface area contributed by atoms with Crippen LogP contribution >= 0.6 is 0 Å². The van der Waals surface area contributed by atoms with Gasteiger partial charge in [-0.2, -0.15) is 0 Å². The molecular weight excluding hydrogens is 318 g/mol. The van der Waals surface area contributed by atoms with Crippen molar-refractivity contribution in [1.29, 1.82) is 0 Å². The summed E-state index contributed by atoms with van der Waals surface area (Å²) >= 11 is 0. The van der Waals surface area contributed by atoms with Gasteiger partial charge in [-0.05, 0) is 23.3 Å². The fourth-order valence-electron chi connectivity index (χ4n) is 2.97. The summed E-state index contributed by atoms with van der Waals surface area (Å²) in [5.41, 5.74) is 2.71. The Morgan fingerprint density at radius 1 is 1.04 bits per heavy atom. The van der Waals surface area contributed by atoms with Crippen molar-refractivity contribution in [2.75, 3.05) is 11.9 Å². The van der Waals surface area contributed by atoms with Crippen LogP contribution in [0.1, 0.15) is 23.6 Å². The quantitative estimate of drug-likeness (QED) is 0.671. The number of amides is 3. The summed E-state index contributed by atoms with van der Waals surface area (Å²) in [6.45, 7) is 0.217. The van der Waals surface area contributed by atoms with E-state index in [1.54, 1.807) is 12.1 Å². The minimum absolute atomic E-state index is 0.169. The zero-order valence-corrected chi connectivity index (χ0v) is 13.7. The third kappa shape index (κ3) is 4.36. The Morgan fingerprint density at radius 3 is 2.56 bits per heavy atom. The monoisotopic (exact) mass is 339 g/mol. The van der Waals surface area contributed by atoms with Crippen molar-refractivity contribution in [3.8, 4) is 0 Å². The van der Waals surface area contributed by atoms with Crippen molar-refractivity contribution >= 4 is 17.6 Å². The van der Waals surface area contributed by atoms with E-state index in [2.05, 4.69) is 16.0 Å². The van der Waals surface area contributed by atoms with Gasteiger partial charge in [0.2, 0.25) is 5.91 Å². The molecule has 6 nitrogen and oxygen atoms in total. The maximum absolute atomic E-state index is 12.0. The molecule has 0 aliphatic heterocycles. The smallest absolute Gasteiger partial charge is 0.315 e. The average molecular weight is 339 g/mol. The maximum Gasteiger partial charge on any atom is 0.315 e. The first-order valence-electron chi connectivity index (χ1n) is 8.28. The van der Waals surface area contributed by atoms with E-state index in [1.807, 2.05) is 42.5 Å². The molecule has 2 aromatic carbocycles. The van der Waals surface area contributed by atoms with Crippen LogP contribution in [0.2, 0.25) is 0 Å². The molecule has 25 heavy (non-hydrogen) atoms. The van der Waals surface area contributed by atoms with Crippen molar-refractivity contribution in [1.82, 2.24) is 10.6 Å². The third-order valence-electron chi connectivity index (χ3n) is 4.19. The van der Waals surface area contributed by atoms with E-state index in [9.17, 15) is 14.7 Å². The molecule has 0 saturated heterocycles. The number of hydrogen-bond donors (Lipinski definition) is 4. The molecule has 0 heterocycles. The summed E-state index contributed by atoms with van der Waals surface area (Å²) in [6.07, 6.45) is 0.0664. The van der Waals surface area contributed by atoms with Crippen LogP contribution in [0.3, 0.4) is 0 Å². The molecule has 0 bridgehead atoms. The summed E-state index contributed by atoms with van der Waals surface area (Å²) in [5, 5.41) is 18.3. The molecule has 3 amide bonds. The summed E-state index contributed by atoms with van der Waals surface area (Å²) in [6, 6.07) is 16.0. The van der Waals surface area contributed by atoms with Crippen LogP contribution in [0.15, 0.2) is 54.6 Å². The van der Waals surface area contributed by atoms with Crippen LogP contribution in [0, 0.1) is 0 Å². The molecule has 0 spiro atoms. The molecule has 2 aromatic rings. The molecule has 0 saturated carbocycles. The largest absolute Gasteiger partial charge is 0.390 e. The van der Waals surface area contributed by atoms with Crippen LogP contribution in [-0.4, -0.2) is 29.7 Å². The van der Waals surface area contributed by atoms with E-state index in [-0.39, 0.29) is 18.9 Å². The molecule has 3 rings (SSSR count). The predicted molar refractivity (Wildman–Crippen MR) is 95.1 cm³/mol. The summed E-state index contributed by atoms with van der Waals surface area (Å²) in [7, 11) is 0. The fourth-order valence-corrected chi connectivity index (χ4v) is 2.97. The summed E-state index contributed by atoms with van der Waals surface area (Å²) in [5.74, 6) is -0.169. The molecule has 0 radical (unpaired) electrons. The molecule has 4 N–H and O–H groups in total. The summed E-state index contributed by atoms with van der Waals surface area (Å²) < 4.78 is 0. The first-order chi connectivity index (χ1) is 12.1. The number of carbonyl (C=O) groups is 2. The highest BCUT2D eigenvalue weighted by molar-refractivity contribution is 5.91. The SMILES string of the molecule is O=C(CCNC(=O)N[C@@H]1c2ccccc2C[C@@H]1O)Nc1ccccc1. The van der Waals surface area contributed by atoms with Gasteiger partial charge in [0.25, 0.3) is 0 Å². The number of para-hydroxylation sites is 1. The molecule has 6 heteroatoms. The number of fused-ring (bicyclic) bond motifs is 1. The fraction of sp³-hybridized carbons (Fsp3) is 0.263. The number of nitrogens with one attached hydrogen (secondary N) is 3. The normalized spacial score (nSPS) is 18.3. The van der Waals surface area contributed by atoms with E-state index < -0.39 is 18.2 Å². The van der Waals surface area contributed by atoms with Gasteiger partial charge in [-0.1, -0.05) is 42.5 Å². The summed E-state index contributed by atoms with van der Waals surface area (Å²) in [4.78, 5) is 23.9. The Labute approximate surface area is 146 Å². The molecular formula is C19H21N3O3. The van der Waals surface area contributed by atoms with Crippen molar-refractivity contribution < 1.29 is 14.7 Å². The van der Waals surface area contributed by atoms with Gasteiger partial charge < -0.3 is 21.1 Å². The van der Waals surface area contributed by atoms with Crippen molar-refractivity contribution in [2.24, 2.45) is 0 Å². The Kier molecular flexibility index (Phi) is 5.30. The van der Waals surface area contributed by atoms with Crippen LogP contribution < -0.4 is 16.0 Å². The number of anilines is 1. The predicted octanol–water partition coefficient (Wildman–Crippen LogP) is 1.97. The van der Waals surface area contributed by atoms with Crippen LogP contribution in [-0.2, 0) is 11.2 Å². The number of hydrogen-bond acceptors (Lipinski definition) is 3. The van der Waals surface area contributed by atoms with Crippen molar-refractivity contribution in [3.63, 3.8) is 0 Å². The number of aliphatic hydroxyl groups excluding tert-OH is 1. The van der Waals surface area contributed by atoms with Crippen LogP contribution in [0.5, 0.6) is 0 Å². The zero-order valence-electron chi connectivity index (χ0n) is 13.7. The lowest BCUT2D eigenvalue weighted by Gasteiger charge is -2.18. The number of rotatable bonds is 5. The van der Waals surface area contributed by atoms with Crippen LogP contribution in [0.4, 0.5) is 10.5 Å². The van der Waals surface area contributed by atoms with Crippen molar-refractivity contribution in [3.05, 3.63) is 65.7 Å². The highest BCUT2D eigenvalue weighted by atomic mass is 16.3. The minimum atomic E-state index is -0.635. The lowest BCUT2D eigenvalue weighted by molar-refractivity contribution is -0.116. The van der Waals surface area contributed by atoms with Crippen LogP contribution in [0.25, 0.3) is 0 Å². The molecule has 0 aromatic heterocycles. The molecule has 2 atom stereocenters. The number of urea groups is 1. The van der Waals surface area contributed by atoms with Gasteiger partial charge in [0.1, 0.15) is 0 Å². The molecule has 1 aliphatic carbocycles. The average Bonchev–Trinajstić information content (AvgIpc) is 2.91. The second-order valence-electron chi connectivity index (χ2n) is 6.01. The second kappa shape index (κ2) is 7.81.